The Hall–Kier alpha value is -0.900. The van der Waals surface area contributed by atoms with Crippen LogP contribution in [0.1, 0.15) is 32.6 Å². The van der Waals surface area contributed by atoms with E-state index in [1.165, 1.54) is 0 Å². The highest BCUT2D eigenvalue weighted by molar-refractivity contribution is 4.81. The molecular formula is C8H15N3O. The summed E-state index contributed by atoms with van der Waals surface area (Å²) in [6, 6.07) is 0. The van der Waals surface area contributed by atoms with Gasteiger partial charge in [0.1, 0.15) is 0 Å². The van der Waals surface area contributed by atoms with Gasteiger partial charge in [-0.1, -0.05) is 0 Å². The minimum absolute atomic E-state index is 0.0857. The molecule has 0 saturated carbocycles. The number of nitrogens with zero attached hydrogens (tertiary/aromatic N) is 2. The molecule has 1 heterocycles. The molecule has 0 radical (unpaired) electrons. The third kappa shape index (κ3) is 3.00. The predicted octanol–water partition coefficient (Wildman–Crippen LogP) is 1.27. The van der Waals surface area contributed by atoms with Crippen molar-refractivity contribution in [2.75, 3.05) is 0 Å². The van der Waals surface area contributed by atoms with Crippen LogP contribution >= 0.6 is 0 Å². The first kappa shape index (κ1) is 9.19. The van der Waals surface area contributed by atoms with E-state index in [-0.39, 0.29) is 5.54 Å². The number of hydrogen-bond acceptors (Lipinski definition) is 4. The Morgan fingerprint density at radius 3 is 2.42 bits per heavy atom. The van der Waals surface area contributed by atoms with Crippen LogP contribution < -0.4 is 5.32 Å². The van der Waals surface area contributed by atoms with Crippen LogP contribution in [0.2, 0.25) is 0 Å². The van der Waals surface area contributed by atoms with Crippen molar-refractivity contribution in [1.29, 1.82) is 0 Å². The van der Waals surface area contributed by atoms with Crippen LogP contribution in [-0.2, 0) is 6.54 Å². The first-order valence-corrected chi connectivity index (χ1v) is 4.01. The van der Waals surface area contributed by atoms with Crippen molar-refractivity contribution in [3.05, 3.63) is 11.8 Å². The van der Waals surface area contributed by atoms with Crippen molar-refractivity contribution in [3.8, 4) is 0 Å². The smallest absolute Gasteiger partial charge is 0.230 e. The molecule has 1 rings (SSSR count). The highest BCUT2D eigenvalue weighted by Crippen LogP contribution is 2.02. The van der Waals surface area contributed by atoms with Crippen molar-refractivity contribution < 1.29 is 4.42 Å². The minimum atomic E-state index is 0.0857. The molecule has 1 N–H and O–H groups in total. The van der Waals surface area contributed by atoms with Crippen LogP contribution in [0.15, 0.2) is 4.42 Å². The summed E-state index contributed by atoms with van der Waals surface area (Å²) in [5.41, 5.74) is 0.0857. The molecule has 4 nitrogen and oxygen atoms in total. The maximum absolute atomic E-state index is 5.19. The molecule has 4 heteroatoms. The van der Waals surface area contributed by atoms with Gasteiger partial charge in [0.2, 0.25) is 11.8 Å². The Kier molecular flexibility index (Phi) is 2.47. The van der Waals surface area contributed by atoms with E-state index in [0.717, 1.165) is 0 Å². The van der Waals surface area contributed by atoms with Gasteiger partial charge in [0.25, 0.3) is 0 Å². The second-order valence-corrected chi connectivity index (χ2v) is 3.82. The average Bonchev–Trinajstić information content (AvgIpc) is 2.30. The summed E-state index contributed by atoms with van der Waals surface area (Å²) >= 11 is 0. The van der Waals surface area contributed by atoms with E-state index in [0.29, 0.717) is 18.3 Å². The van der Waals surface area contributed by atoms with E-state index in [1.54, 1.807) is 6.92 Å². The normalized spacial score (nSPS) is 12.0. The molecule has 68 valence electrons. The summed E-state index contributed by atoms with van der Waals surface area (Å²) in [5, 5.41) is 10.9. The number of rotatable bonds is 2. The standard InChI is InChI=1S/C8H15N3O/c1-6-10-11-7(12-6)5-9-8(2,3)4/h9H,5H2,1-4H3. The van der Waals surface area contributed by atoms with E-state index in [2.05, 4.69) is 36.3 Å². The molecule has 0 aliphatic rings. The third-order valence-corrected chi connectivity index (χ3v) is 1.34. The van der Waals surface area contributed by atoms with Gasteiger partial charge < -0.3 is 9.73 Å². The molecule has 0 amide bonds. The molecule has 0 bridgehead atoms. The average molecular weight is 169 g/mol. The Bertz CT molecular complexity index is 249. The lowest BCUT2D eigenvalue weighted by atomic mass is 10.1. The lowest BCUT2D eigenvalue weighted by molar-refractivity contribution is 0.375. The van der Waals surface area contributed by atoms with Crippen molar-refractivity contribution >= 4 is 0 Å². The largest absolute Gasteiger partial charge is 0.424 e. The molecular weight excluding hydrogens is 154 g/mol. The molecule has 0 aliphatic carbocycles. The number of aromatic nitrogens is 2. The van der Waals surface area contributed by atoms with Crippen LogP contribution in [0.5, 0.6) is 0 Å². The van der Waals surface area contributed by atoms with Crippen LogP contribution in [0.4, 0.5) is 0 Å². The van der Waals surface area contributed by atoms with E-state index >= 15 is 0 Å². The second-order valence-electron chi connectivity index (χ2n) is 3.82. The maximum Gasteiger partial charge on any atom is 0.230 e. The fourth-order valence-electron chi connectivity index (χ4n) is 0.750. The highest BCUT2D eigenvalue weighted by Gasteiger charge is 2.10. The fourth-order valence-corrected chi connectivity index (χ4v) is 0.750. The zero-order valence-corrected chi connectivity index (χ0v) is 8.01. The van der Waals surface area contributed by atoms with Crippen LogP contribution in [0.25, 0.3) is 0 Å². The monoisotopic (exact) mass is 169 g/mol. The first-order valence-electron chi connectivity index (χ1n) is 4.01. The molecule has 12 heavy (non-hydrogen) atoms. The number of hydrogen-bond donors (Lipinski definition) is 1. The molecule has 0 saturated heterocycles. The summed E-state index contributed by atoms with van der Waals surface area (Å²) in [7, 11) is 0. The van der Waals surface area contributed by atoms with Gasteiger partial charge in [-0.3, -0.25) is 0 Å². The molecule has 0 fully saturated rings. The van der Waals surface area contributed by atoms with Crippen molar-refractivity contribution in [3.63, 3.8) is 0 Å². The zero-order valence-electron chi connectivity index (χ0n) is 8.01. The number of aryl methyl sites for hydroxylation is 1. The van der Waals surface area contributed by atoms with Gasteiger partial charge in [-0.2, -0.15) is 0 Å². The highest BCUT2D eigenvalue weighted by atomic mass is 16.4. The van der Waals surface area contributed by atoms with Crippen molar-refractivity contribution in [2.24, 2.45) is 0 Å². The van der Waals surface area contributed by atoms with Gasteiger partial charge in [-0.25, -0.2) is 0 Å². The van der Waals surface area contributed by atoms with Crippen LogP contribution in [-0.4, -0.2) is 15.7 Å². The molecule has 0 atom stereocenters. The molecule has 1 aromatic rings. The Labute approximate surface area is 72.4 Å². The topological polar surface area (TPSA) is 51.0 Å². The molecule has 0 spiro atoms. The SMILES string of the molecule is Cc1nnc(CNC(C)(C)C)o1. The second kappa shape index (κ2) is 3.23. The van der Waals surface area contributed by atoms with Crippen molar-refractivity contribution in [2.45, 2.75) is 39.8 Å². The maximum atomic E-state index is 5.19. The fraction of sp³-hybridized carbons (Fsp3) is 0.750. The van der Waals surface area contributed by atoms with Crippen molar-refractivity contribution in [1.82, 2.24) is 15.5 Å². The minimum Gasteiger partial charge on any atom is -0.424 e. The van der Waals surface area contributed by atoms with Gasteiger partial charge in [-0.05, 0) is 20.8 Å². The predicted molar refractivity (Wildman–Crippen MR) is 45.6 cm³/mol. The summed E-state index contributed by atoms with van der Waals surface area (Å²) in [6.45, 7) is 8.70. The molecule has 1 aromatic heterocycles. The molecule has 0 aliphatic heterocycles. The summed E-state index contributed by atoms with van der Waals surface area (Å²) in [5.74, 6) is 1.25. The Balaban J connectivity index is 2.44. The zero-order chi connectivity index (χ0) is 9.19. The number of nitrogens with one attached hydrogen (secondary N) is 1. The lowest BCUT2D eigenvalue weighted by Crippen LogP contribution is -2.35. The van der Waals surface area contributed by atoms with Gasteiger partial charge >= 0.3 is 0 Å². The Morgan fingerprint density at radius 2 is 2.00 bits per heavy atom. The van der Waals surface area contributed by atoms with Gasteiger partial charge in [0.05, 0.1) is 6.54 Å². The Morgan fingerprint density at radius 1 is 1.33 bits per heavy atom. The van der Waals surface area contributed by atoms with E-state index in [9.17, 15) is 0 Å². The summed E-state index contributed by atoms with van der Waals surface area (Å²) in [6.07, 6.45) is 0. The van der Waals surface area contributed by atoms with Crippen LogP contribution in [0, 0.1) is 6.92 Å². The molecule has 0 aromatic carbocycles. The summed E-state index contributed by atoms with van der Waals surface area (Å²) < 4.78 is 5.19. The van der Waals surface area contributed by atoms with Crippen LogP contribution in [0.3, 0.4) is 0 Å². The summed E-state index contributed by atoms with van der Waals surface area (Å²) in [4.78, 5) is 0. The van der Waals surface area contributed by atoms with E-state index in [4.69, 9.17) is 4.42 Å². The molecule has 0 unspecified atom stereocenters. The first-order chi connectivity index (χ1) is 5.47. The van der Waals surface area contributed by atoms with Gasteiger partial charge in [0, 0.05) is 12.5 Å². The van der Waals surface area contributed by atoms with Gasteiger partial charge in [-0.15, -0.1) is 10.2 Å². The van der Waals surface area contributed by atoms with E-state index in [1.807, 2.05) is 0 Å². The van der Waals surface area contributed by atoms with E-state index < -0.39 is 0 Å². The lowest BCUT2D eigenvalue weighted by Gasteiger charge is -2.18. The quantitative estimate of drug-likeness (QED) is 0.724. The van der Waals surface area contributed by atoms with Gasteiger partial charge in [0.15, 0.2) is 0 Å². The third-order valence-electron chi connectivity index (χ3n) is 1.34.